The Bertz CT molecular complexity index is 364. The average Bonchev–Trinajstić information content (AvgIpc) is 3.03. The molecule has 0 aromatic carbocycles. The van der Waals surface area contributed by atoms with Crippen LogP contribution < -0.4 is 5.73 Å². The van der Waals surface area contributed by atoms with Gasteiger partial charge in [0.2, 0.25) is 0 Å². The number of hydrogen-bond donors (Lipinski definition) is 2. The predicted molar refractivity (Wildman–Crippen MR) is 57.7 cm³/mol. The first-order chi connectivity index (χ1) is 7.76. The molecule has 1 aromatic rings. The Morgan fingerprint density at radius 2 is 2.44 bits per heavy atom. The smallest absolute Gasteiger partial charge is 0.132 e. The molecule has 2 saturated heterocycles. The van der Waals surface area contributed by atoms with Gasteiger partial charge in [0.1, 0.15) is 11.9 Å². The van der Waals surface area contributed by atoms with Crippen LogP contribution in [0.3, 0.4) is 0 Å². The first-order valence-electron chi connectivity index (χ1n) is 5.83. The van der Waals surface area contributed by atoms with Crippen LogP contribution in [0.5, 0.6) is 0 Å². The molecule has 4 unspecified atom stereocenters. The average molecular weight is 223 g/mol. The number of ether oxygens (including phenoxy) is 1. The van der Waals surface area contributed by atoms with Crippen LogP contribution in [0.2, 0.25) is 0 Å². The number of aliphatic hydroxyl groups excluding tert-OH is 1. The van der Waals surface area contributed by atoms with Gasteiger partial charge < -0.3 is 20.0 Å². The Morgan fingerprint density at radius 1 is 1.56 bits per heavy atom. The van der Waals surface area contributed by atoms with Gasteiger partial charge in [0.15, 0.2) is 0 Å². The SMILES string of the molecule is NCC1(C(O)c2ccco2)CC2CCC1O2. The summed E-state index contributed by atoms with van der Waals surface area (Å²) in [5, 5.41) is 10.4. The molecular formula is C12H17NO3. The van der Waals surface area contributed by atoms with Gasteiger partial charge >= 0.3 is 0 Å². The van der Waals surface area contributed by atoms with Gasteiger partial charge in [-0.1, -0.05) is 0 Å². The van der Waals surface area contributed by atoms with Crippen LogP contribution in [0.4, 0.5) is 0 Å². The molecule has 0 radical (unpaired) electrons. The summed E-state index contributed by atoms with van der Waals surface area (Å²) in [6.07, 6.45) is 4.23. The lowest BCUT2D eigenvalue weighted by molar-refractivity contribution is -0.0366. The fourth-order valence-electron chi connectivity index (χ4n) is 3.18. The Hall–Kier alpha value is -0.840. The van der Waals surface area contributed by atoms with Crippen molar-refractivity contribution in [3.05, 3.63) is 24.2 Å². The van der Waals surface area contributed by atoms with Crippen LogP contribution in [0.25, 0.3) is 0 Å². The lowest BCUT2D eigenvalue weighted by Crippen LogP contribution is -2.44. The lowest BCUT2D eigenvalue weighted by atomic mass is 9.69. The van der Waals surface area contributed by atoms with E-state index in [1.54, 1.807) is 18.4 Å². The second kappa shape index (κ2) is 3.58. The summed E-state index contributed by atoms with van der Waals surface area (Å²) < 4.78 is 11.1. The number of aliphatic hydroxyl groups is 1. The summed E-state index contributed by atoms with van der Waals surface area (Å²) in [5.74, 6) is 0.599. The molecule has 2 fully saturated rings. The molecule has 0 amide bonds. The van der Waals surface area contributed by atoms with Crippen LogP contribution >= 0.6 is 0 Å². The van der Waals surface area contributed by atoms with E-state index in [0.29, 0.717) is 12.3 Å². The molecule has 3 rings (SSSR count). The summed E-state index contributed by atoms with van der Waals surface area (Å²) in [6, 6.07) is 3.59. The van der Waals surface area contributed by atoms with Gasteiger partial charge in [-0.25, -0.2) is 0 Å². The van der Waals surface area contributed by atoms with Crippen LogP contribution in [0.15, 0.2) is 22.8 Å². The van der Waals surface area contributed by atoms with Gasteiger partial charge in [0.05, 0.1) is 18.5 Å². The highest BCUT2D eigenvalue weighted by Gasteiger charge is 2.56. The van der Waals surface area contributed by atoms with Crippen molar-refractivity contribution in [1.82, 2.24) is 0 Å². The quantitative estimate of drug-likeness (QED) is 0.808. The van der Waals surface area contributed by atoms with Crippen molar-refractivity contribution in [2.24, 2.45) is 11.1 Å². The molecule has 4 nitrogen and oxygen atoms in total. The highest BCUT2D eigenvalue weighted by Crippen LogP contribution is 2.53. The van der Waals surface area contributed by atoms with E-state index in [1.165, 1.54) is 0 Å². The maximum Gasteiger partial charge on any atom is 0.132 e. The van der Waals surface area contributed by atoms with Crippen LogP contribution in [-0.2, 0) is 4.74 Å². The largest absolute Gasteiger partial charge is 0.467 e. The van der Waals surface area contributed by atoms with Crippen molar-refractivity contribution >= 4 is 0 Å². The van der Waals surface area contributed by atoms with E-state index in [2.05, 4.69) is 0 Å². The first kappa shape index (κ1) is 10.3. The Labute approximate surface area is 94.4 Å². The third-order valence-electron chi connectivity index (χ3n) is 4.09. The third kappa shape index (κ3) is 1.27. The van der Waals surface area contributed by atoms with E-state index in [4.69, 9.17) is 14.9 Å². The summed E-state index contributed by atoms with van der Waals surface area (Å²) in [7, 11) is 0. The van der Waals surface area contributed by atoms with Crippen molar-refractivity contribution in [2.75, 3.05) is 6.54 Å². The van der Waals surface area contributed by atoms with E-state index in [0.717, 1.165) is 19.3 Å². The van der Waals surface area contributed by atoms with Crippen molar-refractivity contribution < 1.29 is 14.3 Å². The van der Waals surface area contributed by atoms with Gasteiger partial charge in [-0.3, -0.25) is 0 Å². The second-order valence-corrected chi connectivity index (χ2v) is 4.88. The van der Waals surface area contributed by atoms with E-state index in [9.17, 15) is 5.11 Å². The van der Waals surface area contributed by atoms with Gasteiger partial charge in [-0.05, 0) is 31.4 Å². The topological polar surface area (TPSA) is 68.6 Å². The zero-order valence-corrected chi connectivity index (χ0v) is 9.13. The molecule has 0 aliphatic carbocycles. The van der Waals surface area contributed by atoms with Crippen molar-refractivity contribution in [3.63, 3.8) is 0 Å². The number of hydrogen-bond acceptors (Lipinski definition) is 4. The molecule has 0 spiro atoms. The summed E-state index contributed by atoms with van der Waals surface area (Å²) >= 11 is 0. The standard InChI is InChI=1S/C12H17NO3/c13-7-12(6-8-3-4-10(12)16-8)11(14)9-2-1-5-15-9/h1-2,5,8,10-11,14H,3-4,6-7,13H2. The van der Waals surface area contributed by atoms with E-state index >= 15 is 0 Å². The van der Waals surface area contributed by atoms with E-state index < -0.39 is 6.10 Å². The molecule has 2 bridgehead atoms. The molecule has 4 heteroatoms. The molecule has 2 aliphatic heterocycles. The second-order valence-electron chi connectivity index (χ2n) is 4.88. The van der Waals surface area contributed by atoms with Crippen LogP contribution in [0, 0.1) is 5.41 Å². The molecule has 1 aromatic heterocycles. The Balaban J connectivity index is 1.91. The minimum atomic E-state index is -0.650. The zero-order valence-electron chi connectivity index (χ0n) is 9.13. The number of fused-ring (bicyclic) bond motifs is 2. The van der Waals surface area contributed by atoms with Crippen LogP contribution in [0.1, 0.15) is 31.1 Å². The molecule has 0 saturated carbocycles. The van der Waals surface area contributed by atoms with Crippen molar-refractivity contribution in [3.8, 4) is 0 Å². The van der Waals surface area contributed by atoms with Crippen molar-refractivity contribution in [1.29, 1.82) is 0 Å². The van der Waals surface area contributed by atoms with Gasteiger partial charge in [-0.15, -0.1) is 0 Å². The van der Waals surface area contributed by atoms with Gasteiger partial charge in [0.25, 0.3) is 0 Å². The highest BCUT2D eigenvalue weighted by molar-refractivity contribution is 5.13. The normalized spacial score (nSPS) is 39.1. The fourth-order valence-corrected chi connectivity index (χ4v) is 3.18. The maximum atomic E-state index is 10.4. The Kier molecular flexibility index (Phi) is 2.31. The van der Waals surface area contributed by atoms with Crippen molar-refractivity contribution in [2.45, 2.75) is 37.6 Å². The molecule has 88 valence electrons. The third-order valence-corrected chi connectivity index (χ3v) is 4.09. The molecule has 3 heterocycles. The number of rotatable bonds is 3. The van der Waals surface area contributed by atoms with Gasteiger partial charge in [-0.2, -0.15) is 0 Å². The minimum absolute atomic E-state index is 0.0857. The van der Waals surface area contributed by atoms with Crippen LogP contribution in [-0.4, -0.2) is 23.9 Å². The Morgan fingerprint density at radius 3 is 2.94 bits per heavy atom. The molecular weight excluding hydrogens is 206 g/mol. The highest BCUT2D eigenvalue weighted by atomic mass is 16.5. The summed E-state index contributed by atoms with van der Waals surface area (Å²) in [5.41, 5.74) is 5.53. The molecule has 3 N–H and O–H groups in total. The van der Waals surface area contributed by atoms with Gasteiger partial charge in [0, 0.05) is 12.0 Å². The number of furan rings is 1. The first-order valence-corrected chi connectivity index (χ1v) is 5.83. The maximum absolute atomic E-state index is 10.4. The molecule has 4 atom stereocenters. The summed E-state index contributed by atoms with van der Waals surface area (Å²) in [4.78, 5) is 0. The monoisotopic (exact) mass is 223 g/mol. The predicted octanol–water partition coefficient (Wildman–Crippen LogP) is 1.21. The molecule has 16 heavy (non-hydrogen) atoms. The number of nitrogens with two attached hydrogens (primary N) is 1. The molecule has 2 aliphatic rings. The zero-order chi connectivity index (χ0) is 11.2. The minimum Gasteiger partial charge on any atom is -0.467 e. The summed E-state index contributed by atoms with van der Waals surface area (Å²) in [6.45, 7) is 0.441. The van der Waals surface area contributed by atoms with E-state index in [-0.39, 0.29) is 17.6 Å². The van der Waals surface area contributed by atoms with E-state index in [1.807, 2.05) is 0 Å². The fraction of sp³-hybridized carbons (Fsp3) is 0.667. The lowest BCUT2D eigenvalue weighted by Gasteiger charge is -2.37.